The van der Waals surface area contributed by atoms with E-state index in [4.69, 9.17) is 0 Å². The van der Waals surface area contributed by atoms with Crippen LogP contribution in [0.4, 0.5) is 8.78 Å². The highest BCUT2D eigenvalue weighted by Crippen LogP contribution is 2.12. The van der Waals surface area contributed by atoms with Gasteiger partial charge in [0.1, 0.15) is 12.7 Å². The van der Waals surface area contributed by atoms with Gasteiger partial charge in [-0.05, 0) is 5.56 Å². The molecular weight excluding hydrogens is 190 g/mol. The van der Waals surface area contributed by atoms with Crippen molar-refractivity contribution < 1.29 is 18.6 Å². The van der Waals surface area contributed by atoms with Crippen molar-refractivity contribution in [3.63, 3.8) is 0 Å². The van der Waals surface area contributed by atoms with Crippen molar-refractivity contribution in [3.05, 3.63) is 35.9 Å². The number of rotatable bonds is 5. The molecule has 0 aliphatic rings. The first-order valence-corrected chi connectivity index (χ1v) is 4.29. The molecule has 1 atom stereocenters. The Morgan fingerprint density at radius 3 is 2.36 bits per heavy atom. The molecule has 0 radical (unpaired) electrons. The summed E-state index contributed by atoms with van der Waals surface area (Å²) in [4.78, 5) is 0. The fourth-order valence-corrected chi connectivity index (χ4v) is 1.04. The van der Waals surface area contributed by atoms with Crippen LogP contribution in [0, 0.1) is 0 Å². The third-order valence-corrected chi connectivity index (χ3v) is 1.70. The van der Waals surface area contributed by atoms with E-state index < -0.39 is 19.1 Å². The Balaban J connectivity index is 2.32. The average molecular weight is 202 g/mol. The molecule has 2 nitrogen and oxygen atoms in total. The van der Waals surface area contributed by atoms with Crippen LogP contribution in [0.3, 0.4) is 0 Å². The molecule has 0 heterocycles. The molecule has 0 unspecified atom stereocenters. The average Bonchev–Trinajstić information content (AvgIpc) is 2.18. The van der Waals surface area contributed by atoms with Gasteiger partial charge in [0.25, 0.3) is 6.43 Å². The van der Waals surface area contributed by atoms with Crippen LogP contribution >= 0.6 is 0 Å². The van der Waals surface area contributed by atoms with Gasteiger partial charge in [0.05, 0.1) is 6.61 Å². The summed E-state index contributed by atoms with van der Waals surface area (Å²) in [5.74, 6) is 0. The van der Waals surface area contributed by atoms with Crippen molar-refractivity contribution in [2.75, 3.05) is 13.2 Å². The molecule has 1 N–H and O–H groups in total. The summed E-state index contributed by atoms with van der Waals surface area (Å²) in [7, 11) is 0. The first-order chi connectivity index (χ1) is 6.70. The summed E-state index contributed by atoms with van der Waals surface area (Å²) >= 11 is 0. The monoisotopic (exact) mass is 202 g/mol. The van der Waals surface area contributed by atoms with Gasteiger partial charge >= 0.3 is 0 Å². The van der Waals surface area contributed by atoms with E-state index in [1.165, 1.54) is 0 Å². The lowest BCUT2D eigenvalue weighted by atomic mass is 10.1. The van der Waals surface area contributed by atoms with Crippen molar-refractivity contribution in [2.24, 2.45) is 0 Å². The number of alkyl halides is 2. The molecule has 0 aliphatic heterocycles. The lowest BCUT2D eigenvalue weighted by molar-refractivity contribution is -0.0204. The second-order valence-corrected chi connectivity index (χ2v) is 2.86. The van der Waals surface area contributed by atoms with E-state index in [0.717, 1.165) is 0 Å². The Hall–Kier alpha value is -1.00. The maximum atomic E-state index is 11.7. The first kappa shape index (κ1) is 11.1. The molecule has 0 saturated carbocycles. The summed E-state index contributed by atoms with van der Waals surface area (Å²) in [5.41, 5.74) is 0.668. The van der Waals surface area contributed by atoms with E-state index >= 15 is 0 Å². The zero-order valence-electron chi connectivity index (χ0n) is 7.57. The van der Waals surface area contributed by atoms with Crippen molar-refractivity contribution in [1.29, 1.82) is 0 Å². The van der Waals surface area contributed by atoms with Gasteiger partial charge in [-0.3, -0.25) is 0 Å². The van der Waals surface area contributed by atoms with E-state index in [9.17, 15) is 13.9 Å². The zero-order valence-corrected chi connectivity index (χ0v) is 7.57. The van der Waals surface area contributed by atoms with E-state index in [2.05, 4.69) is 4.74 Å². The summed E-state index contributed by atoms with van der Waals surface area (Å²) in [6.07, 6.45) is -3.33. The molecule has 0 spiro atoms. The fraction of sp³-hybridized carbons (Fsp3) is 0.400. The normalized spacial score (nSPS) is 13.1. The van der Waals surface area contributed by atoms with Gasteiger partial charge < -0.3 is 9.84 Å². The first-order valence-electron chi connectivity index (χ1n) is 4.29. The van der Waals surface area contributed by atoms with E-state index in [-0.39, 0.29) is 6.61 Å². The number of aliphatic hydroxyl groups excluding tert-OH is 1. The maximum Gasteiger partial charge on any atom is 0.261 e. The highest BCUT2D eigenvalue weighted by Gasteiger charge is 2.08. The Morgan fingerprint density at radius 1 is 1.14 bits per heavy atom. The molecule has 0 aromatic heterocycles. The molecule has 0 aliphatic carbocycles. The highest BCUT2D eigenvalue weighted by molar-refractivity contribution is 5.17. The largest absolute Gasteiger partial charge is 0.386 e. The Kier molecular flexibility index (Phi) is 4.49. The lowest BCUT2D eigenvalue weighted by Gasteiger charge is -2.10. The minimum atomic E-state index is -2.49. The molecule has 14 heavy (non-hydrogen) atoms. The molecule has 1 aromatic carbocycles. The van der Waals surface area contributed by atoms with Crippen LogP contribution in [0.2, 0.25) is 0 Å². The molecule has 0 fully saturated rings. The molecule has 0 bridgehead atoms. The highest BCUT2D eigenvalue weighted by atomic mass is 19.3. The van der Waals surface area contributed by atoms with Crippen LogP contribution in [0.5, 0.6) is 0 Å². The number of halogens is 2. The SMILES string of the molecule is O[C@H](COCC(F)F)c1ccccc1. The molecule has 1 aromatic rings. The molecule has 4 heteroatoms. The van der Waals surface area contributed by atoms with Crippen molar-refractivity contribution >= 4 is 0 Å². The summed E-state index contributed by atoms with van der Waals surface area (Å²) < 4.78 is 28.0. The number of benzene rings is 1. The van der Waals surface area contributed by atoms with Crippen molar-refractivity contribution in [1.82, 2.24) is 0 Å². The van der Waals surface area contributed by atoms with Gasteiger partial charge in [0, 0.05) is 0 Å². The van der Waals surface area contributed by atoms with E-state index in [1.54, 1.807) is 24.3 Å². The molecule has 0 saturated heterocycles. The van der Waals surface area contributed by atoms with Crippen LogP contribution in [-0.4, -0.2) is 24.7 Å². The van der Waals surface area contributed by atoms with Crippen LogP contribution in [0.15, 0.2) is 30.3 Å². The van der Waals surface area contributed by atoms with Crippen LogP contribution < -0.4 is 0 Å². The molecular formula is C10H12F2O2. The Morgan fingerprint density at radius 2 is 1.79 bits per heavy atom. The van der Waals surface area contributed by atoms with Crippen molar-refractivity contribution in [2.45, 2.75) is 12.5 Å². The quantitative estimate of drug-likeness (QED) is 0.791. The van der Waals surface area contributed by atoms with E-state index in [0.29, 0.717) is 5.56 Å². The zero-order chi connectivity index (χ0) is 10.4. The number of hydrogen-bond donors (Lipinski definition) is 1. The fourth-order valence-electron chi connectivity index (χ4n) is 1.04. The number of hydrogen-bond acceptors (Lipinski definition) is 2. The van der Waals surface area contributed by atoms with Crippen LogP contribution in [0.1, 0.15) is 11.7 Å². The molecule has 78 valence electrons. The second kappa shape index (κ2) is 5.67. The molecule has 1 rings (SSSR count). The van der Waals surface area contributed by atoms with Gasteiger partial charge in [0.15, 0.2) is 0 Å². The van der Waals surface area contributed by atoms with Gasteiger partial charge in [-0.15, -0.1) is 0 Å². The maximum absolute atomic E-state index is 11.7. The summed E-state index contributed by atoms with van der Waals surface area (Å²) in [5, 5.41) is 9.46. The van der Waals surface area contributed by atoms with Crippen molar-refractivity contribution in [3.8, 4) is 0 Å². The summed E-state index contributed by atoms with van der Waals surface area (Å²) in [6, 6.07) is 8.79. The number of aliphatic hydroxyl groups is 1. The second-order valence-electron chi connectivity index (χ2n) is 2.86. The topological polar surface area (TPSA) is 29.5 Å². The predicted molar refractivity (Wildman–Crippen MR) is 48.2 cm³/mol. The van der Waals surface area contributed by atoms with Gasteiger partial charge in [-0.2, -0.15) is 0 Å². The lowest BCUT2D eigenvalue weighted by Crippen LogP contribution is -2.11. The number of ether oxygens (including phenoxy) is 1. The summed E-state index contributed by atoms with van der Waals surface area (Å²) in [6.45, 7) is -0.738. The minimum Gasteiger partial charge on any atom is -0.386 e. The van der Waals surface area contributed by atoms with Gasteiger partial charge in [-0.25, -0.2) is 8.78 Å². The predicted octanol–water partition coefficient (Wildman–Crippen LogP) is 2.00. The minimum absolute atomic E-state index is 0.103. The Labute approximate surface area is 81.1 Å². The smallest absolute Gasteiger partial charge is 0.261 e. The van der Waals surface area contributed by atoms with E-state index in [1.807, 2.05) is 6.07 Å². The van der Waals surface area contributed by atoms with Crippen LogP contribution in [-0.2, 0) is 4.74 Å². The molecule has 0 amide bonds. The standard InChI is InChI=1S/C10H12F2O2/c11-10(12)7-14-6-9(13)8-4-2-1-3-5-8/h1-5,9-10,13H,6-7H2/t9-/m1/s1. The van der Waals surface area contributed by atoms with Gasteiger partial charge in [-0.1, -0.05) is 30.3 Å². The Bertz CT molecular complexity index is 252. The van der Waals surface area contributed by atoms with Gasteiger partial charge in [0.2, 0.25) is 0 Å². The third-order valence-electron chi connectivity index (χ3n) is 1.70. The third kappa shape index (κ3) is 3.81. The van der Waals surface area contributed by atoms with Crippen LogP contribution in [0.25, 0.3) is 0 Å².